The van der Waals surface area contributed by atoms with E-state index in [-0.39, 0.29) is 5.75 Å². The Morgan fingerprint density at radius 2 is 1.70 bits per heavy atom. The molecule has 0 unspecified atom stereocenters. The molecule has 3 N–H and O–H groups in total. The quantitative estimate of drug-likeness (QED) is 0.481. The number of phenolic OH excluding ortho intramolecular Hbond substituents is 1. The molecular weight excluding hydrogens is 338 g/mol. The van der Waals surface area contributed by atoms with Crippen LogP contribution in [0.1, 0.15) is 5.56 Å². The Hall–Kier alpha value is -3.67. The Balaban J connectivity index is 1.40. The minimum atomic E-state index is 0.280. The molecule has 0 aliphatic heterocycles. The van der Waals surface area contributed by atoms with E-state index in [9.17, 15) is 5.11 Å². The number of aromatic hydroxyl groups is 1. The van der Waals surface area contributed by atoms with Gasteiger partial charge in [0.15, 0.2) is 0 Å². The third-order valence-electron chi connectivity index (χ3n) is 4.20. The van der Waals surface area contributed by atoms with Crippen molar-refractivity contribution in [1.29, 1.82) is 0 Å². The molecule has 0 saturated carbocycles. The van der Waals surface area contributed by atoms with Gasteiger partial charge in [-0.3, -0.25) is 4.98 Å². The SMILES string of the molecule is Oc1ccc(CCNc2cc(Nc3ccc4ncccc4c3)ncn2)cc1. The zero-order chi connectivity index (χ0) is 18.5. The first kappa shape index (κ1) is 16.8. The Morgan fingerprint density at radius 1 is 0.852 bits per heavy atom. The van der Waals surface area contributed by atoms with Crippen molar-refractivity contribution in [3.05, 3.63) is 78.8 Å². The van der Waals surface area contributed by atoms with E-state index < -0.39 is 0 Å². The van der Waals surface area contributed by atoms with E-state index >= 15 is 0 Å². The average molecular weight is 357 g/mol. The molecule has 2 aromatic carbocycles. The van der Waals surface area contributed by atoms with E-state index in [4.69, 9.17) is 0 Å². The summed E-state index contributed by atoms with van der Waals surface area (Å²) in [5.41, 5.74) is 3.06. The van der Waals surface area contributed by atoms with Crippen LogP contribution in [0.2, 0.25) is 0 Å². The van der Waals surface area contributed by atoms with E-state index in [1.54, 1.807) is 18.3 Å². The number of pyridine rings is 1. The lowest BCUT2D eigenvalue weighted by atomic mass is 10.1. The predicted octanol–water partition coefficient (Wildman–Crippen LogP) is 4.13. The lowest BCUT2D eigenvalue weighted by Gasteiger charge is -2.09. The normalized spacial score (nSPS) is 10.7. The highest BCUT2D eigenvalue weighted by Gasteiger charge is 2.02. The Bertz CT molecular complexity index is 1050. The largest absolute Gasteiger partial charge is 0.508 e. The summed E-state index contributed by atoms with van der Waals surface area (Å²) in [5.74, 6) is 1.76. The van der Waals surface area contributed by atoms with E-state index in [0.717, 1.165) is 46.8 Å². The second kappa shape index (κ2) is 7.70. The van der Waals surface area contributed by atoms with Crippen molar-refractivity contribution in [1.82, 2.24) is 15.0 Å². The molecule has 0 atom stereocenters. The molecule has 27 heavy (non-hydrogen) atoms. The smallest absolute Gasteiger partial charge is 0.135 e. The van der Waals surface area contributed by atoms with Gasteiger partial charge in [0.1, 0.15) is 23.7 Å². The van der Waals surface area contributed by atoms with E-state index in [1.807, 2.05) is 48.5 Å². The van der Waals surface area contributed by atoms with E-state index in [2.05, 4.69) is 25.6 Å². The summed E-state index contributed by atoms with van der Waals surface area (Å²) < 4.78 is 0. The first-order valence-electron chi connectivity index (χ1n) is 8.72. The van der Waals surface area contributed by atoms with E-state index in [0.29, 0.717) is 0 Å². The molecule has 0 amide bonds. The highest BCUT2D eigenvalue weighted by Crippen LogP contribution is 2.21. The van der Waals surface area contributed by atoms with Gasteiger partial charge in [0.2, 0.25) is 0 Å². The van der Waals surface area contributed by atoms with Gasteiger partial charge in [-0.15, -0.1) is 0 Å². The Kier molecular flexibility index (Phi) is 4.78. The van der Waals surface area contributed by atoms with Crippen molar-refractivity contribution in [3.63, 3.8) is 0 Å². The van der Waals surface area contributed by atoms with Crippen molar-refractivity contribution >= 4 is 28.2 Å². The van der Waals surface area contributed by atoms with Gasteiger partial charge in [0.25, 0.3) is 0 Å². The molecule has 4 rings (SSSR count). The van der Waals surface area contributed by atoms with Crippen molar-refractivity contribution in [2.45, 2.75) is 6.42 Å². The molecule has 134 valence electrons. The zero-order valence-electron chi connectivity index (χ0n) is 14.6. The molecule has 2 aromatic heterocycles. The van der Waals surface area contributed by atoms with Gasteiger partial charge in [-0.25, -0.2) is 9.97 Å². The predicted molar refractivity (Wildman–Crippen MR) is 107 cm³/mol. The molecule has 2 heterocycles. The fourth-order valence-electron chi connectivity index (χ4n) is 2.82. The molecule has 0 fully saturated rings. The van der Waals surface area contributed by atoms with Gasteiger partial charge < -0.3 is 15.7 Å². The number of hydrogen-bond acceptors (Lipinski definition) is 6. The Labute approximate surface area is 157 Å². The fourth-order valence-corrected chi connectivity index (χ4v) is 2.82. The number of benzene rings is 2. The number of nitrogens with one attached hydrogen (secondary N) is 2. The molecule has 0 radical (unpaired) electrons. The molecule has 0 aliphatic carbocycles. The maximum absolute atomic E-state index is 9.33. The van der Waals surface area contributed by atoms with Gasteiger partial charge in [-0.05, 0) is 48.4 Å². The molecule has 0 saturated heterocycles. The molecule has 0 spiro atoms. The highest BCUT2D eigenvalue weighted by atomic mass is 16.3. The van der Waals surface area contributed by atoms with Crippen molar-refractivity contribution in [3.8, 4) is 5.75 Å². The van der Waals surface area contributed by atoms with E-state index in [1.165, 1.54) is 6.33 Å². The van der Waals surface area contributed by atoms with Crippen molar-refractivity contribution < 1.29 is 5.11 Å². The summed E-state index contributed by atoms with van der Waals surface area (Å²) in [6.07, 6.45) is 4.16. The monoisotopic (exact) mass is 357 g/mol. The van der Waals surface area contributed by atoms with Crippen LogP contribution in [0, 0.1) is 0 Å². The number of fused-ring (bicyclic) bond motifs is 1. The van der Waals surface area contributed by atoms with Crippen LogP contribution in [-0.2, 0) is 6.42 Å². The Morgan fingerprint density at radius 3 is 2.59 bits per heavy atom. The van der Waals surface area contributed by atoms with Crippen LogP contribution in [-0.4, -0.2) is 26.6 Å². The van der Waals surface area contributed by atoms with Crippen LogP contribution in [0.4, 0.5) is 17.3 Å². The third-order valence-corrected chi connectivity index (χ3v) is 4.20. The highest BCUT2D eigenvalue weighted by molar-refractivity contribution is 5.83. The number of aromatic nitrogens is 3. The van der Waals surface area contributed by atoms with Crippen LogP contribution >= 0.6 is 0 Å². The average Bonchev–Trinajstić information content (AvgIpc) is 2.70. The second-order valence-electron chi connectivity index (χ2n) is 6.17. The minimum absolute atomic E-state index is 0.280. The van der Waals surface area contributed by atoms with Crippen molar-refractivity contribution in [2.75, 3.05) is 17.2 Å². The maximum Gasteiger partial charge on any atom is 0.135 e. The molecule has 6 heteroatoms. The van der Waals surface area contributed by atoms with Crippen LogP contribution in [0.3, 0.4) is 0 Å². The topological polar surface area (TPSA) is 83.0 Å². The summed E-state index contributed by atoms with van der Waals surface area (Å²) in [7, 11) is 0. The van der Waals surface area contributed by atoms with Crippen LogP contribution in [0.15, 0.2) is 73.2 Å². The van der Waals surface area contributed by atoms with Crippen LogP contribution in [0.25, 0.3) is 10.9 Å². The number of anilines is 3. The first-order chi connectivity index (χ1) is 13.3. The lowest BCUT2D eigenvalue weighted by molar-refractivity contribution is 0.475. The zero-order valence-corrected chi connectivity index (χ0v) is 14.6. The summed E-state index contributed by atoms with van der Waals surface area (Å²) in [6, 6.07) is 19.1. The molecule has 0 bridgehead atoms. The van der Waals surface area contributed by atoms with Gasteiger partial charge in [-0.1, -0.05) is 18.2 Å². The molecule has 4 aromatic rings. The number of phenols is 1. The number of hydrogen-bond donors (Lipinski definition) is 3. The van der Waals surface area contributed by atoms with Gasteiger partial charge >= 0.3 is 0 Å². The third kappa shape index (κ3) is 4.30. The standard InChI is InChI=1S/C21H19N5O/c27-18-6-3-15(4-7-18)9-11-23-20-13-21(25-14-24-20)26-17-5-8-19-16(12-17)2-1-10-22-19/h1-8,10,12-14,27H,9,11H2,(H2,23,24,25,26). The second-order valence-corrected chi connectivity index (χ2v) is 6.17. The molecule has 6 nitrogen and oxygen atoms in total. The summed E-state index contributed by atoms with van der Waals surface area (Å²) in [4.78, 5) is 12.9. The van der Waals surface area contributed by atoms with Crippen LogP contribution in [0.5, 0.6) is 5.75 Å². The number of rotatable bonds is 6. The van der Waals surface area contributed by atoms with Gasteiger partial charge in [0.05, 0.1) is 5.52 Å². The van der Waals surface area contributed by atoms with Crippen LogP contribution < -0.4 is 10.6 Å². The molecular formula is C21H19N5O. The fraction of sp³-hybridized carbons (Fsp3) is 0.0952. The maximum atomic E-state index is 9.33. The van der Waals surface area contributed by atoms with Crippen molar-refractivity contribution in [2.24, 2.45) is 0 Å². The minimum Gasteiger partial charge on any atom is -0.508 e. The van der Waals surface area contributed by atoms with Gasteiger partial charge in [-0.2, -0.15) is 0 Å². The number of nitrogens with zero attached hydrogens (tertiary/aromatic N) is 3. The summed E-state index contributed by atoms with van der Waals surface area (Å²) in [5, 5.41) is 17.0. The molecule has 0 aliphatic rings. The first-order valence-corrected chi connectivity index (χ1v) is 8.72. The summed E-state index contributed by atoms with van der Waals surface area (Å²) >= 11 is 0. The lowest BCUT2D eigenvalue weighted by Crippen LogP contribution is -2.07. The van der Waals surface area contributed by atoms with Gasteiger partial charge in [0, 0.05) is 29.9 Å². The summed E-state index contributed by atoms with van der Waals surface area (Å²) in [6.45, 7) is 0.739.